The molecule has 2 fully saturated rings. The fourth-order valence-electron chi connectivity index (χ4n) is 3.79. The Morgan fingerprint density at radius 2 is 2.22 bits per heavy atom. The Morgan fingerprint density at radius 3 is 3.00 bits per heavy atom. The number of aromatic nitrogens is 2. The SMILES string of the molecule is NC[C@H]1CC[C@@H](C(=O)N2CCCC(c3nc(-c4cccc(F)c4)no3)C2)O1. The molecule has 4 rings (SSSR count). The van der Waals surface area contributed by atoms with Crippen LogP contribution in [0.25, 0.3) is 11.4 Å². The number of likely N-dealkylation sites (tertiary alicyclic amines) is 1. The summed E-state index contributed by atoms with van der Waals surface area (Å²) in [4.78, 5) is 19.0. The van der Waals surface area contributed by atoms with Gasteiger partial charge in [0.2, 0.25) is 11.7 Å². The Labute approximate surface area is 156 Å². The van der Waals surface area contributed by atoms with Crippen LogP contribution in [0, 0.1) is 5.82 Å². The lowest BCUT2D eigenvalue weighted by Crippen LogP contribution is -2.44. The van der Waals surface area contributed by atoms with E-state index in [1.807, 2.05) is 4.90 Å². The molecule has 2 N–H and O–H groups in total. The molecule has 1 aromatic heterocycles. The molecule has 2 aromatic rings. The number of hydrogen-bond donors (Lipinski definition) is 1. The predicted octanol–water partition coefficient (Wildman–Crippen LogP) is 2.09. The van der Waals surface area contributed by atoms with Gasteiger partial charge in [0.25, 0.3) is 5.91 Å². The molecule has 0 spiro atoms. The molecule has 8 heteroatoms. The first-order valence-corrected chi connectivity index (χ1v) is 9.38. The summed E-state index contributed by atoms with van der Waals surface area (Å²) in [5.41, 5.74) is 6.20. The average molecular weight is 374 g/mol. The van der Waals surface area contributed by atoms with Crippen LogP contribution in [0.4, 0.5) is 4.39 Å². The van der Waals surface area contributed by atoms with Crippen molar-refractivity contribution in [2.24, 2.45) is 5.73 Å². The highest BCUT2D eigenvalue weighted by molar-refractivity contribution is 5.81. The van der Waals surface area contributed by atoms with Gasteiger partial charge in [0.15, 0.2) is 0 Å². The van der Waals surface area contributed by atoms with Crippen LogP contribution in [0.5, 0.6) is 0 Å². The number of piperidine rings is 1. The largest absolute Gasteiger partial charge is 0.364 e. The van der Waals surface area contributed by atoms with Crippen molar-refractivity contribution in [3.05, 3.63) is 36.0 Å². The van der Waals surface area contributed by atoms with Gasteiger partial charge in [0, 0.05) is 25.2 Å². The highest BCUT2D eigenvalue weighted by Crippen LogP contribution is 2.29. The van der Waals surface area contributed by atoms with Gasteiger partial charge in [0.05, 0.1) is 12.0 Å². The first-order chi connectivity index (χ1) is 13.1. The number of carbonyl (C=O) groups is 1. The zero-order valence-electron chi connectivity index (χ0n) is 15.0. The van der Waals surface area contributed by atoms with Crippen LogP contribution >= 0.6 is 0 Å². The lowest BCUT2D eigenvalue weighted by atomic mass is 9.97. The van der Waals surface area contributed by atoms with Gasteiger partial charge in [-0.3, -0.25) is 4.79 Å². The summed E-state index contributed by atoms with van der Waals surface area (Å²) >= 11 is 0. The second-order valence-electron chi connectivity index (χ2n) is 7.15. The zero-order chi connectivity index (χ0) is 18.8. The van der Waals surface area contributed by atoms with Gasteiger partial charge in [-0.25, -0.2) is 4.39 Å². The lowest BCUT2D eigenvalue weighted by Gasteiger charge is -2.32. The van der Waals surface area contributed by atoms with Crippen molar-refractivity contribution in [1.82, 2.24) is 15.0 Å². The molecule has 144 valence electrons. The molecule has 1 amide bonds. The zero-order valence-corrected chi connectivity index (χ0v) is 15.0. The van der Waals surface area contributed by atoms with E-state index >= 15 is 0 Å². The van der Waals surface area contributed by atoms with Gasteiger partial charge < -0.3 is 19.9 Å². The number of carbonyl (C=O) groups excluding carboxylic acids is 1. The molecule has 2 saturated heterocycles. The van der Waals surface area contributed by atoms with E-state index in [-0.39, 0.29) is 23.7 Å². The second kappa shape index (κ2) is 7.74. The number of rotatable bonds is 4. The van der Waals surface area contributed by atoms with E-state index in [0.717, 1.165) is 19.3 Å². The molecule has 0 aliphatic carbocycles. The molecule has 7 nitrogen and oxygen atoms in total. The minimum atomic E-state index is -0.400. The molecular formula is C19H23FN4O3. The Morgan fingerprint density at radius 1 is 1.33 bits per heavy atom. The van der Waals surface area contributed by atoms with E-state index in [1.54, 1.807) is 12.1 Å². The van der Waals surface area contributed by atoms with E-state index in [1.165, 1.54) is 12.1 Å². The number of nitrogens with zero attached hydrogens (tertiary/aromatic N) is 3. The van der Waals surface area contributed by atoms with E-state index in [4.69, 9.17) is 15.0 Å². The number of halogens is 1. The van der Waals surface area contributed by atoms with Crippen LogP contribution in [0.1, 0.15) is 37.5 Å². The summed E-state index contributed by atoms with van der Waals surface area (Å²) in [7, 11) is 0. The number of benzene rings is 1. The van der Waals surface area contributed by atoms with Gasteiger partial charge >= 0.3 is 0 Å². The van der Waals surface area contributed by atoms with Crippen molar-refractivity contribution in [1.29, 1.82) is 0 Å². The topological polar surface area (TPSA) is 94.5 Å². The van der Waals surface area contributed by atoms with Crippen LogP contribution in [0.3, 0.4) is 0 Å². The summed E-state index contributed by atoms with van der Waals surface area (Å²) in [5, 5.41) is 3.98. The van der Waals surface area contributed by atoms with Crippen LogP contribution < -0.4 is 5.73 Å². The number of hydrogen-bond acceptors (Lipinski definition) is 6. The Bertz CT molecular complexity index is 812. The van der Waals surface area contributed by atoms with E-state index in [9.17, 15) is 9.18 Å². The van der Waals surface area contributed by atoms with Crippen molar-refractivity contribution < 1.29 is 18.4 Å². The molecular weight excluding hydrogens is 351 g/mol. The molecule has 27 heavy (non-hydrogen) atoms. The van der Waals surface area contributed by atoms with Crippen molar-refractivity contribution in [2.45, 2.75) is 43.8 Å². The van der Waals surface area contributed by atoms with Gasteiger partial charge in [0.1, 0.15) is 11.9 Å². The smallest absolute Gasteiger partial charge is 0.251 e. The summed E-state index contributed by atoms with van der Waals surface area (Å²) in [6.45, 7) is 1.67. The van der Waals surface area contributed by atoms with Crippen LogP contribution in [-0.2, 0) is 9.53 Å². The Kier molecular flexibility index (Phi) is 5.18. The van der Waals surface area contributed by atoms with Gasteiger partial charge in [-0.15, -0.1) is 0 Å². The number of ether oxygens (including phenoxy) is 1. The third-order valence-corrected chi connectivity index (χ3v) is 5.25. The molecule has 0 bridgehead atoms. The summed E-state index contributed by atoms with van der Waals surface area (Å²) < 4.78 is 24.6. The maximum absolute atomic E-state index is 13.4. The third kappa shape index (κ3) is 3.86. The molecule has 3 heterocycles. The van der Waals surface area contributed by atoms with Crippen LogP contribution in [-0.4, -0.2) is 52.8 Å². The molecule has 2 aliphatic rings. The molecule has 0 radical (unpaired) electrons. The molecule has 3 atom stereocenters. The fraction of sp³-hybridized carbons (Fsp3) is 0.526. The molecule has 1 aromatic carbocycles. The average Bonchev–Trinajstić information content (AvgIpc) is 3.37. The van der Waals surface area contributed by atoms with Gasteiger partial charge in [-0.2, -0.15) is 4.98 Å². The van der Waals surface area contributed by atoms with E-state index in [0.29, 0.717) is 43.3 Å². The monoisotopic (exact) mass is 374 g/mol. The predicted molar refractivity (Wildman–Crippen MR) is 95.2 cm³/mol. The van der Waals surface area contributed by atoms with Gasteiger partial charge in [-0.1, -0.05) is 17.3 Å². The Hall–Kier alpha value is -2.32. The standard InChI is InChI=1S/C19H23FN4O3/c20-14-5-1-3-12(9-14)17-22-18(27-23-17)13-4-2-8-24(11-13)19(25)16-7-6-15(10-21)26-16/h1,3,5,9,13,15-16H,2,4,6-8,10-11,21H2/t13?,15-,16+/m1/s1. The lowest BCUT2D eigenvalue weighted by molar-refractivity contribution is -0.144. The normalized spacial score (nSPS) is 25.7. The first kappa shape index (κ1) is 18.1. The molecule has 1 unspecified atom stereocenters. The van der Waals surface area contributed by atoms with Crippen LogP contribution in [0.2, 0.25) is 0 Å². The summed E-state index contributed by atoms with van der Waals surface area (Å²) in [6.07, 6.45) is 2.84. The minimum Gasteiger partial charge on any atom is -0.364 e. The maximum atomic E-state index is 13.4. The van der Waals surface area contributed by atoms with Gasteiger partial charge in [-0.05, 0) is 37.8 Å². The van der Waals surface area contributed by atoms with Crippen LogP contribution in [0.15, 0.2) is 28.8 Å². The molecule has 0 saturated carbocycles. The van der Waals surface area contributed by atoms with Crippen molar-refractivity contribution >= 4 is 5.91 Å². The highest BCUT2D eigenvalue weighted by Gasteiger charge is 2.36. The highest BCUT2D eigenvalue weighted by atomic mass is 19.1. The Balaban J connectivity index is 1.43. The second-order valence-corrected chi connectivity index (χ2v) is 7.15. The summed E-state index contributed by atoms with van der Waals surface area (Å²) in [5.74, 6) is 0.488. The maximum Gasteiger partial charge on any atom is 0.251 e. The van der Waals surface area contributed by atoms with Crippen molar-refractivity contribution in [2.75, 3.05) is 19.6 Å². The number of amides is 1. The minimum absolute atomic E-state index is 0.0144. The van der Waals surface area contributed by atoms with E-state index < -0.39 is 6.10 Å². The molecule has 2 aliphatic heterocycles. The van der Waals surface area contributed by atoms with E-state index in [2.05, 4.69) is 10.1 Å². The first-order valence-electron chi connectivity index (χ1n) is 9.38. The van der Waals surface area contributed by atoms with Crippen molar-refractivity contribution in [3.63, 3.8) is 0 Å². The third-order valence-electron chi connectivity index (χ3n) is 5.25. The quantitative estimate of drug-likeness (QED) is 0.881. The van der Waals surface area contributed by atoms with Crippen molar-refractivity contribution in [3.8, 4) is 11.4 Å². The fourth-order valence-corrected chi connectivity index (χ4v) is 3.79. The number of nitrogens with two attached hydrogens (primary N) is 1. The summed E-state index contributed by atoms with van der Waals surface area (Å²) in [6, 6.07) is 6.09.